The molecule has 2 N–H and O–H groups in total. The summed E-state index contributed by atoms with van der Waals surface area (Å²) in [5.74, 6) is -1.18. The molecule has 0 aliphatic carbocycles. The van der Waals surface area contributed by atoms with Crippen LogP contribution in [0.3, 0.4) is 0 Å². The predicted octanol–water partition coefficient (Wildman–Crippen LogP) is 6.57. The van der Waals surface area contributed by atoms with Gasteiger partial charge in [-0.25, -0.2) is 13.8 Å². The van der Waals surface area contributed by atoms with Crippen LogP contribution in [0.5, 0.6) is 5.75 Å². The first-order chi connectivity index (χ1) is 17.9. The number of carboxylic acid groups (broad SMARTS) is 1. The molecule has 190 valence electrons. The molecule has 6 nitrogen and oxygen atoms in total. The first-order valence-corrected chi connectivity index (χ1v) is 12.0. The maximum atomic E-state index is 15.7. The Morgan fingerprint density at radius 2 is 1.92 bits per heavy atom. The minimum absolute atomic E-state index is 0.0201. The zero-order chi connectivity index (χ0) is 26.4. The Morgan fingerprint density at radius 1 is 1.11 bits per heavy atom. The molecule has 8 heteroatoms. The van der Waals surface area contributed by atoms with Gasteiger partial charge in [-0.15, -0.1) is 0 Å². The summed E-state index contributed by atoms with van der Waals surface area (Å²) in [7, 11) is 1.58. The number of nitrogens with one attached hydrogen (secondary N) is 1. The predicted molar refractivity (Wildman–Crippen MR) is 143 cm³/mol. The molecule has 0 aliphatic rings. The van der Waals surface area contributed by atoms with Crippen LogP contribution in [-0.4, -0.2) is 42.5 Å². The first kappa shape index (κ1) is 25.8. The van der Waals surface area contributed by atoms with Gasteiger partial charge in [0.2, 0.25) is 0 Å². The summed E-state index contributed by atoms with van der Waals surface area (Å²) in [6, 6.07) is 16.5. The van der Waals surface area contributed by atoms with Crippen molar-refractivity contribution < 1.29 is 23.4 Å². The van der Waals surface area contributed by atoms with Crippen LogP contribution < -0.4 is 10.1 Å². The molecule has 0 saturated heterocycles. The van der Waals surface area contributed by atoms with Gasteiger partial charge < -0.3 is 15.2 Å². The van der Waals surface area contributed by atoms with Crippen LogP contribution in [0.2, 0.25) is 0 Å². The van der Waals surface area contributed by atoms with Crippen LogP contribution in [0, 0.1) is 11.6 Å². The van der Waals surface area contributed by atoms with E-state index >= 15 is 4.39 Å². The molecule has 37 heavy (non-hydrogen) atoms. The Kier molecular flexibility index (Phi) is 8.08. The third kappa shape index (κ3) is 5.74. The van der Waals surface area contributed by atoms with Gasteiger partial charge in [-0.1, -0.05) is 24.3 Å². The normalized spacial score (nSPS) is 11.2. The van der Waals surface area contributed by atoms with Gasteiger partial charge in [0.05, 0.1) is 23.5 Å². The molecule has 0 aliphatic heterocycles. The molecule has 0 atom stereocenters. The quantitative estimate of drug-likeness (QED) is 0.189. The lowest BCUT2D eigenvalue weighted by molar-refractivity contribution is -0.137. The molecule has 0 bridgehead atoms. The number of rotatable bonds is 10. The van der Waals surface area contributed by atoms with E-state index in [-0.39, 0.29) is 12.0 Å². The van der Waals surface area contributed by atoms with Gasteiger partial charge in [-0.3, -0.25) is 9.79 Å². The molecule has 0 radical (unpaired) electrons. The van der Waals surface area contributed by atoms with Crippen molar-refractivity contribution >= 4 is 28.8 Å². The molecule has 0 saturated carbocycles. The number of aliphatic imine (C=N–C) groups is 1. The number of ether oxygens (including phenoxy) is 1. The second-order valence-corrected chi connectivity index (χ2v) is 8.35. The molecule has 4 rings (SSSR count). The summed E-state index contributed by atoms with van der Waals surface area (Å²) in [5, 5.41) is 12.7. The molecule has 0 spiro atoms. The number of aliphatic carboxylic acids is 1. The minimum atomic E-state index is -0.906. The Hall–Kier alpha value is -4.33. The van der Waals surface area contributed by atoms with Crippen LogP contribution in [0.4, 0.5) is 14.5 Å². The summed E-state index contributed by atoms with van der Waals surface area (Å²) in [6.07, 6.45) is 1.88. The second-order valence-electron chi connectivity index (χ2n) is 8.35. The summed E-state index contributed by atoms with van der Waals surface area (Å²) in [5.41, 5.74) is 3.49. The van der Waals surface area contributed by atoms with E-state index in [4.69, 9.17) is 9.84 Å². The van der Waals surface area contributed by atoms with E-state index in [1.54, 1.807) is 25.4 Å². The third-order valence-electron chi connectivity index (χ3n) is 5.83. The third-order valence-corrected chi connectivity index (χ3v) is 5.83. The van der Waals surface area contributed by atoms with Crippen molar-refractivity contribution in [1.82, 2.24) is 4.98 Å². The lowest BCUT2D eigenvalue weighted by Crippen LogP contribution is -2.09. The number of nitrogens with zero attached hydrogens (tertiary/aromatic N) is 2. The van der Waals surface area contributed by atoms with Crippen molar-refractivity contribution in [2.45, 2.75) is 19.8 Å². The van der Waals surface area contributed by atoms with E-state index in [2.05, 4.69) is 15.3 Å². The topological polar surface area (TPSA) is 83.8 Å². The second kappa shape index (κ2) is 11.6. The van der Waals surface area contributed by atoms with Crippen LogP contribution >= 0.6 is 0 Å². The Balaban J connectivity index is 1.85. The summed E-state index contributed by atoms with van der Waals surface area (Å²) >= 11 is 0. The molecular weight excluding hydrogens is 476 g/mol. The van der Waals surface area contributed by atoms with Crippen molar-refractivity contribution in [3.63, 3.8) is 0 Å². The number of carboxylic acids is 1. The van der Waals surface area contributed by atoms with Gasteiger partial charge in [0.25, 0.3) is 0 Å². The number of hydrogen-bond donors (Lipinski definition) is 2. The average Bonchev–Trinajstić information content (AvgIpc) is 2.88. The molecule has 3 aromatic carbocycles. The average molecular weight is 504 g/mol. The van der Waals surface area contributed by atoms with Gasteiger partial charge in [0.1, 0.15) is 17.4 Å². The number of carbonyl (C=O) groups is 1. The number of hydrogen-bond acceptors (Lipinski definition) is 5. The zero-order valence-electron chi connectivity index (χ0n) is 20.6. The van der Waals surface area contributed by atoms with Crippen molar-refractivity contribution in [2.75, 3.05) is 25.5 Å². The lowest BCUT2D eigenvalue weighted by atomic mass is 9.97. The lowest BCUT2D eigenvalue weighted by Gasteiger charge is -2.17. The molecule has 4 aromatic rings. The van der Waals surface area contributed by atoms with Crippen LogP contribution in [0.1, 0.15) is 25.3 Å². The van der Waals surface area contributed by atoms with E-state index in [0.717, 1.165) is 5.56 Å². The number of benzene rings is 3. The number of fused-ring (bicyclic) bond motifs is 1. The maximum absolute atomic E-state index is 15.7. The van der Waals surface area contributed by atoms with Crippen LogP contribution in [0.15, 0.2) is 65.7 Å². The van der Waals surface area contributed by atoms with E-state index in [1.807, 2.05) is 31.2 Å². The van der Waals surface area contributed by atoms with Crippen molar-refractivity contribution in [3.8, 4) is 28.1 Å². The number of anilines is 1. The Bertz CT molecular complexity index is 1470. The first-order valence-electron chi connectivity index (χ1n) is 12.0. The van der Waals surface area contributed by atoms with Gasteiger partial charge in [0, 0.05) is 48.3 Å². The fourth-order valence-corrected chi connectivity index (χ4v) is 4.21. The molecule has 1 aromatic heterocycles. The van der Waals surface area contributed by atoms with Crippen molar-refractivity contribution in [2.24, 2.45) is 4.99 Å². The summed E-state index contributed by atoms with van der Waals surface area (Å²) in [4.78, 5) is 19.8. The highest BCUT2D eigenvalue weighted by Crippen LogP contribution is 2.37. The van der Waals surface area contributed by atoms with Gasteiger partial charge in [-0.05, 0) is 55.3 Å². The van der Waals surface area contributed by atoms with Gasteiger partial charge >= 0.3 is 5.97 Å². The van der Waals surface area contributed by atoms with Crippen molar-refractivity contribution in [1.29, 1.82) is 0 Å². The number of halogens is 2. The Morgan fingerprint density at radius 3 is 2.65 bits per heavy atom. The number of pyridine rings is 1. The van der Waals surface area contributed by atoms with Crippen LogP contribution in [-0.2, 0) is 4.79 Å². The van der Waals surface area contributed by atoms with Gasteiger partial charge in [0.15, 0.2) is 0 Å². The van der Waals surface area contributed by atoms with Crippen molar-refractivity contribution in [3.05, 3.63) is 77.9 Å². The fraction of sp³-hybridized carbons (Fsp3) is 0.207. The van der Waals surface area contributed by atoms with E-state index < -0.39 is 17.6 Å². The molecule has 1 heterocycles. The fourth-order valence-electron chi connectivity index (χ4n) is 4.21. The van der Waals surface area contributed by atoms with E-state index in [1.165, 1.54) is 24.3 Å². The Labute approximate surface area is 213 Å². The molecule has 0 unspecified atom stereocenters. The largest absolute Gasteiger partial charge is 0.493 e. The maximum Gasteiger partial charge on any atom is 0.303 e. The van der Waals surface area contributed by atoms with E-state index in [9.17, 15) is 9.18 Å². The summed E-state index contributed by atoms with van der Waals surface area (Å²) in [6.45, 7) is 2.70. The van der Waals surface area contributed by atoms with E-state index in [0.29, 0.717) is 58.7 Å². The highest BCUT2D eigenvalue weighted by molar-refractivity contribution is 6.06. The molecular formula is C29H27F2N3O3. The standard InChI is InChI=1S/C29H27F2N3O3/c1-3-37-26-8-5-4-7-20(26)18-10-12-21(24(31)15-18)29-23(17-32-2)28(33-14-6-9-27(35)36)22-16-19(30)11-13-25(22)34-29/h4-5,7-8,10-13,15-17H,3,6,9,14H2,1-2H3,(H,33,34)(H,35,36). The van der Waals surface area contributed by atoms with Crippen LogP contribution in [0.25, 0.3) is 33.3 Å². The SMILES string of the molecule is CCOc1ccccc1-c1ccc(-c2nc3ccc(F)cc3c(NCCCC(=O)O)c2C=NC)c(F)c1. The minimum Gasteiger partial charge on any atom is -0.493 e. The monoisotopic (exact) mass is 503 g/mol. The highest BCUT2D eigenvalue weighted by atomic mass is 19.1. The smallest absolute Gasteiger partial charge is 0.303 e. The van der Waals surface area contributed by atoms with Gasteiger partial charge in [-0.2, -0.15) is 0 Å². The highest BCUT2D eigenvalue weighted by Gasteiger charge is 2.19. The zero-order valence-corrected chi connectivity index (χ0v) is 20.6. The molecule has 0 amide bonds. The summed E-state index contributed by atoms with van der Waals surface area (Å²) < 4.78 is 35.6. The molecule has 0 fully saturated rings. The number of aromatic nitrogens is 1. The number of para-hydroxylation sites is 1.